The zero-order valence-electron chi connectivity index (χ0n) is 16.1. The quantitative estimate of drug-likeness (QED) is 0.484. The van der Waals surface area contributed by atoms with E-state index in [9.17, 15) is 15.0 Å². The van der Waals surface area contributed by atoms with Gasteiger partial charge < -0.3 is 15.5 Å². The number of nitrogens with zero attached hydrogens (tertiary/aromatic N) is 5. The number of aromatic nitrogens is 5. The van der Waals surface area contributed by atoms with Crippen LogP contribution in [0.1, 0.15) is 16.1 Å². The lowest BCUT2D eigenvalue weighted by molar-refractivity contribution is 0.0924. The molecule has 0 unspecified atom stereocenters. The lowest BCUT2D eigenvalue weighted by Crippen LogP contribution is -2.35. The minimum atomic E-state index is -0.149. The van der Waals surface area contributed by atoms with Crippen molar-refractivity contribution in [1.82, 2.24) is 29.6 Å². The molecule has 0 radical (unpaired) electrons. The van der Waals surface area contributed by atoms with Crippen molar-refractivity contribution in [1.29, 1.82) is 0 Å². The van der Waals surface area contributed by atoms with Crippen LogP contribution in [0.5, 0.6) is 11.8 Å². The van der Waals surface area contributed by atoms with E-state index in [0.717, 1.165) is 11.1 Å². The molecule has 4 aromatic rings. The molecule has 0 aliphatic carbocycles. The third-order valence-electron chi connectivity index (χ3n) is 5.10. The Balaban J connectivity index is 1.58. The van der Waals surface area contributed by atoms with Gasteiger partial charge in [0.15, 0.2) is 17.6 Å². The van der Waals surface area contributed by atoms with Crippen molar-refractivity contribution < 1.29 is 15.0 Å². The summed E-state index contributed by atoms with van der Waals surface area (Å²) in [5, 5.41) is 27.4. The van der Waals surface area contributed by atoms with Crippen LogP contribution in [0.15, 0.2) is 48.7 Å². The SMILES string of the molecule is Cc1ccc(-n2c(O)ccc2O)cc1-c1nccc(-c2cc3n(n2)CCNC3=O)n1. The summed E-state index contributed by atoms with van der Waals surface area (Å²) < 4.78 is 3.01. The van der Waals surface area contributed by atoms with E-state index in [0.29, 0.717) is 41.7 Å². The van der Waals surface area contributed by atoms with Crippen molar-refractivity contribution in [2.24, 2.45) is 0 Å². The van der Waals surface area contributed by atoms with Gasteiger partial charge in [-0.3, -0.25) is 14.0 Å². The molecular weight excluding hydrogens is 384 g/mol. The monoisotopic (exact) mass is 402 g/mol. The Kier molecular flexibility index (Phi) is 4.02. The standard InChI is InChI=1S/C21H18N6O3/c1-12-2-3-13(27-18(28)4-5-19(27)29)10-14(12)20-22-7-6-15(24-20)16-11-17-21(30)23-8-9-26(17)25-16/h2-7,10-11,28-29H,8-9H2,1H3,(H,23,30). The summed E-state index contributed by atoms with van der Waals surface area (Å²) in [6.07, 6.45) is 1.65. The molecule has 1 amide bonds. The maximum absolute atomic E-state index is 12.0. The van der Waals surface area contributed by atoms with Gasteiger partial charge in [0.25, 0.3) is 5.91 Å². The summed E-state index contributed by atoms with van der Waals surface area (Å²) in [7, 11) is 0. The first-order chi connectivity index (χ1) is 14.5. The molecule has 0 saturated heterocycles. The highest BCUT2D eigenvalue weighted by molar-refractivity contribution is 5.94. The normalized spacial score (nSPS) is 13.2. The van der Waals surface area contributed by atoms with Crippen molar-refractivity contribution in [2.75, 3.05) is 6.54 Å². The number of rotatable bonds is 3. The van der Waals surface area contributed by atoms with Crippen molar-refractivity contribution in [3.63, 3.8) is 0 Å². The number of amides is 1. The first-order valence-electron chi connectivity index (χ1n) is 9.42. The van der Waals surface area contributed by atoms with Crippen LogP contribution in [0, 0.1) is 6.92 Å². The highest BCUT2D eigenvalue weighted by Gasteiger charge is 2.21. The van der Waals surface area contributed by atoms with Gasteiger partial charge in [-0.2, -0.15) is 5.10 Å². The molecule has 1 aliphatic rings. The molecule has 9 heteroatoms. The number of benzene rings is 1. The van der Waals surface area contributed by atoms with Gasteiger partial charge in [-0.1, -0.05) is 6.07 Å². The number of carbonyl (C=O) groups excluding carboxylic acids is 1. The Bertz CT molecular complexity index is 1270. The van der Waals surface area contributed by atoms with E-state index in [2.05, 4.69) is 20.4 Å². The summed E-state index contributed by atoms with van der Waals surface area (Å²) in [5.74, 6) is 0.190. The minimum absolute atomic E-state index is 0.0705. The number of hydrogen-bond acceptors (Lipinski definition) is 6. The predicted octanol–water partition coefficient (Wildman–Crippen LogP) is 2.26. The highest BCUT2D eigenvalue weighted by Crippen LogP contribution is 2.31. The van der Waals surface area contributed by atoms with Gasteiger partial charge in [-0.15, -0.1) is 0 Å². The number of hydrogen-bond donors (Lipinski definition) is 3. The molecule has 1 aliphatic heterocycles. The van der Waals surface area contributed by atoms with Crippen molar-refractivity contribution in [2.45, 2.75) is 13.5 Å². The third kappa shape index (κ3) is 2.87. The number of nitrogens with one attached hydrogen (secondary N) is 1. The zero-order chi connectivity index (χ0) is 20.8. The maximum Gasteiger partial charge on any atom is 0.269 e. The summed E-state index contributed by atoms with van der Waals surface area (Å²) in [6.45, 7) is 3.10. The van der Waals surface area contributed by atoms with E-state index in [-0.39, 0.29) is 17.7 Å². The number of aromatic hydroxyl groups is 2. The fourth-order valence-corrected chi connectivity index (χ4v) is 3.56. The number of aryl methyl sites for hydroxylation is 1. The van der Waals surface area contributed by atoms with Crippen LogP contribution in [-0.4, -0.2) is 47.0 Å². The minimum Gasteiger partial charge on any atom is -0.494 e. The van der Waals surface area contributed by atoms with E-state index in [4.69, 9.17) is 0 Å². The highest BCUT2D eigenvalue weighted by atomic mass is 16.3. The number of fused-ring (bicyclic) bond motifs is 1. The molecule has 30 heavy (non-hydrogen) atoms. The van der Waals surface area contributed by atoms with Crippen LogP contribution >= 0.6 is 0 Å². The third-order valence-corrected chi connectivity index (χ3v) is 5.10. The number of carbonyl (C=O) groups is 1. The van der Waals surface area contributed by atoms with E-state index < -0.39 is 0 Å². The van der Waals surface area contributed by atoms with Gasteiger partial charge in [0.05, 0.1) is 17.9 Å². The second-order valence-corrected chi connectivity index (χ2v) is 7.04. The first-order valence-corrected chi connectivity index (χ1v) is 9.42. The largest absolute Gasteiger partial charge is 0.494 e. The van der Waals surface area contributed by atoms with Crippen LogP contribution in [0.4, 0.5) is 0 Å². The van der Waals surface area contributed by atoms with Crippen LogP contribution < -0.4 is 5.32 Å². The average molecular weight is 402 g/mol. The summed E-state index contributed by atoms with van der Waals surface area (Å²) in [6, 6.07) is 11.8. The average Bonchev–Trinajstić information content (AvgIpc) is 3.33. The van der Waals surface area contributed by atoms with Gasteiger partial charge in [0, 0.05) is 30.4 Å². The van der Waals surface area contributed by atoms with Crippen LogP contribution in [0.25, 0.3) is 28.5 Å². The Morgan fingerprint density at radius 1 is 1.03 bits per heavy atom. The summed E-state index contributed by atoms with van der Waals surface area (Å²) in [5.41, 5.74) is 3.98. The molecule has 1 aromatic carbocycles. The summed E-state index contributed by atoms with van der Waals surface area (Å²) >= 11 is 0. The van der Waals surface area contributed by atoms with E-state index in [1.54, 1.807) is 35.1 Å². The lowest BCUT2D eigenvalue weighted by atomic mass is 10.1. The Labute approximate surface area is 171 Å². The Morgan fingerprint density at radius 3 is 2.60 bits per heavy atom. The molecule has 3 aromatic heterocycles. The molecule has 9 nitrogen and oxygen atoms in total. The van der Waals surface area contributed by atoms with E-state index in [1.807, 2.05) is 13.0 Å². The molecule has 0 spiro atoms. The fourth-order valence-electron chi connectivity index (χ4n) is 3.56. The van der Waals surface area contributed by atoms with Crippen LogP contribution in [-0.2, 0) is 6.54 Å². The molecule has 3 N–H and O–H groups in total. The smallest absolute Gasteiger partial charge is 0.269 e. The molecule has 0 fully saturated rings. The molecule has 5 rings (SSSR count). The van der Waals surface area contributed by atoms with Crippen LogP contribution in [0.3, 0.4) is 0 Å². The molecule has 0 bridgehead atoms. The van der Waals surface area contributed by atoms with Gasteiger partial charge in [0.1, 0.15) is 11.4 Å². The van der Waals surface area contributed by atoms with E-state index in [1.165, 1.54) is 16.7 Å². The van der Waals surface area contributed by atoms with Crippen molar-refractivity contribution >= 4 is 5.91 Å². The molecular formula is C21H18N6O3. The molecule has 4 heterocycles. The zero-order valence-corrected chi connectivity index (χ0v) is 16.1. The fraction of sp³-hybridized carbons (Fsp3) is 0.143. The van der Waals surface area contributed by atoms with Gasteiger partial charge in [0.2, 0.25) is 0 Å². The maximum atomic E-state index is 12.0. The molecule has 0 atom stereocenters. The second kappa shape index (κ2) is 6.73. The van der Waals surface area contributed by atoms with E-state index >= 15 is 0 Å². The first kappa shape index (κ1) is 17.9. The van der Waals surface area contributed by atoms with Gasteiger partial charge >= 0.3 is 0 Å². The van der Waals surface area contributed by atoms with Crippen LogP contribution in [0.2, 0.25) is 0 Å². The predicted molar refractivity (Wildman–Crippen MR) is 108 cm³/mol. The van der Waals surface area contributed by atoms with Crippen molar-refractivity contribution in [3.05, 3.63) is 59.9 Å². The Hall–Kier alpha value is -4.14. The topological polar surface area (TPSA) is 118 Å². The molecule has 0 saturated carbocycles. The lowest BCUT2D eigenvalue weighted by Gasteiger charge is -2.13. The second-order valence-electron chi connectivity index (χ2n) is 7.04. The van der Waals surface area contributed by atoms with Gasteiger partial charge in [-0.05, 0) is 36.8 Å². The Morgan fingerprint density at radius 2 is 1.83 bits per heavy atom. The van der Waals surface area contributed by atoms with Gasteiger partial charge in [-0.25, -0.2) is 9.97 Å². The summed E-state index contributed by atoms with van der Waals surface area (Å²) in [4.78, 5) is 21.1. The molecule has 150 valence electrons. The van der Waals surface area contributed by atoms with Crippen molar-refractivity contribution in [3.8, 4) is 40.2 Å².